The fourth-order valence-corrected chi connectivity index (χ4v) is 5.94. The van der Waals surface area contributed by atoms with Crippen molar-refractivity contribution in [2.75, 3.05) is 26.1 Å². The lowest BCUT2D eigenvalue weighted by Gasteiger charge is -2.29. The lowest BCUT2D eigenvalue weighted by Crippen LogP contribution is -2.39. The smallest absolute Gasteiger partial charge is 0.327 e. The van der Waals surface area contributed by atoms with Gasteiger partial charge in [0.15, 0.2) is 0 Å². The number of carbonyl (C=O) groups excluding carboxylic acids is 1. The van der Waals surface area contributed by atoms with Gasteiger partial charge in [-0.2, -0.15) is 0 Å². The van der Waals surface area contributed by atoms with Gasteiger partial charge in [-0.15, -0.1) is 0 Å². The summed E-state index contributed by atoms with van der Waals surface area (Å²) in [5.41, 5.74) is 0.922. The van der Waals surface area contributed by atoms with Crippen LogP contribution in [0.1, 0.15) is 25.0 Å². The fraction of sp³-hybridized carbons (Fsp3) is 0.533. The molecule has 1 heterocycles. The van der Waals surface area contributed by atoms with Gasteiger partial charge in [0.05, 0.1) is 13.2 Å². The number of hydrogen-bond donors (Lipinski definition) is 1. The summed E-state index contributed by atoms with van der Waals surface area (Å²) in [4.78, 5) is 12.3. The first-order valence-corrected chi connectivity index (χ1v) is 10.7. The normalized spacial score (nSPS) is 25.7. The number of benzene rings is 1. The largest absolute Gasteiger partial charge is 0.457 e. The molecule has 1 aromatic rings. The molecular weight excluding hydrogens is 337 g/mol. The lowest BCUT2D eigenvalue weighted by atomic mass is 10.1. The molecule has 0 amide bonds. The number of esters is 1. The van der Waals surface area contributed by atoms with E-state index < -0.39 is 18.7 Å². The topological polar surface area (TPSA) is 73.9 Å². The predicted octanol–water partition coefficient (Wildman–Crippen LogP) is 3.16. The van der Waals surface area contributed by atoms with E-state index in [-0.39, 0.29) is 12.7 Å². The van der Waals surface area contributed by atoms with Crippen LogP contribution in [0.25, 0.3) is 0 Å². The second-order valence-electron chi connectivity index (χ2n) is 5.12. The minimum Gasteiger partial charge on any atom is -0.457 e. The Bertz CT molecular complexity index is 556. The van der Waals surface area contributed by atoms with Crippen molar-refractivity contribution in [1.82, 2.24) is 5.09 Å². The highest BCUT2D eigenvalue weighted by Crippen LogP contribution is 2.58. The van der Waals surface area contributed by atoms with E-state index in [4.69, 9.17) is 14.0 Å². The van der Waals surface area contributed by atoms with Crippen LogP contribution >= 0.6 is 18.1 Å². The molecule has 0 aliphatic carbocycles. The Kier molecular flexibility index (Phi) is 7.11. The molecule has 1 aliphatic heterocycles. The third-order valence-corrected chi connectivity index (χ3v) is 7.49. The number of methoxy groups -OCH3 is 1. The zero-order valence-electron chi connectivity index (χ0n) is 13.3. The highest BCUT2D eigenvalue weighted by atomic mass is 32.7. The molecule has 3 atom stereocenters. The van der Waals surface area contributed by atoms with Gasteiger partial charge in [-0.3, -0.25) is 9.36 Å². The highest BCUT2D eigenvalue weighted by molar-refractivity contribution is 8.56. The van der Waals surface area contributed by atoms with Gasteiger partial charge in [0.2, 0.25) is 0 Å². The molecular formula is C15H22NO5PS. The molecule has 128 valence electrons. The molecule has 1 unspecified atom stereocenters. The molecule has 8 heteroatoms. The van der Waals surface area contributed by atoms with E-state index in [2.05, 4.69) is 5.09 Å². The van der Waals surface area contributed by atoms with Crippen molar-refractivity contribution >= 4 is 24.1 Å². The first-order chi connectivity index (χ1) is 11.0. The average Bonchev–Trinajstić information content (AvgIpc) is 2.55. The van der Waals surface area contributed by atoms with Gasteiger partial charge in [-0.25, -0.2) is 5.09 Å². The zero-order valence-corrected chi connectivity index (χ0v) is 15.0. The zero-order chi connectivity index (χ0) is 16.7. The van der Waals surface area contributed by atoms with Crippen molar-refractivity contribution in [2.24, 2.45) is 0 Å². The molecule has 1 aliphatic rings. The van der Waals surface area contributed by atoms with Crippen molar-refractivity contribution in [1.29, 1.82) is 0 Å². The molecule has 1 N–H and O–H groups in total. The third-order valence-electron chi connectivity index (χ3n) is 3.38. The van der Waals surface area contributed by atoms with E-state index in [0.717, 1.165) is 5.56 Å². The Morgan fingerprint density at radius 1 is 1.39 bits per heavy atom. The van der Waals surface area contributed by atoms with Crippen molar-refractivity contribution in [2.45, 2.75) is 25.5 Å². The second-order valence-corrected chi connectivity index (χ2v) is 9.51. The Hall–Kier alpha value is -0.850. The number of hydrogen-bond acceptors (Lipinski definition) is 6. The second kappa shape index (κ2) is 8.85. The molecule has 1 fully saturated rings. The molecule has 2 rings (SSSR count). The summed E-state index contributed by atoms with van der Waals surface area (Å²) in [6, 6.07) is 8.89. The predicted molar refractivity (Wildman–Crippen MR) is 90.4 cm³/mol. The van der Waals surface area contributed by atoms with Crippen LogP contribution in [0.15, 0.2) is 30.3 Å². The highest BCUT2D eigenvalue weighted by Gasteiger charge is 2.37. The van der Waals surface area contributed by atoms with Gasteiger partial charge in [0.25, 0.3) is 0 Å². The molecule has 0 spiro atoms. The van der Waals surface area contributed by atoms with E-state index >= 15 is 0 Å². The van der Waals surface area contributed by atoms with E-state index in [9.17, 15) is 9.36 Å². The molecule has 1 aromatic carbocycles. The standard InChI is InChI=1S/C15H22NO5PS/c1-12(13-6-4-3-5-7-13)21-15(17)14-8-11-23-22(18,16-14)20-10-9-19-2/h3-7,12,14H,8-11H2,1-2H3,(H,16,18)/t12-,14-,22?/m1/s1. The number of carbonyl (C=O) groups is 1. The first-order valence-electron chi connectivity index (χ1n) is 7.45. The minimum atomic E-state index is -3.08. The number of rotatable bonds is 7. The van der Waals surface area contributed by atoms with Crippen molar-refractivity contribution in [3.05, 3.63) is 35.9 Å². The van der Waals surface area contributed by atoms with Crippen LogP contribution in [0.2, 0.25) is 0 Å². The fourth-order valence-electron chi connectivity index (χ4n) is 2.12. The Morgan fingerprint density at radius 2 is 2.13 bits per heavy atom. The summed E-state index contributed by atoms with van der Waals surface area (Å²) in [5, 5.41) is 2.81. The molecule has 0 bridgehead atoms. The van der Waals surface area contributed by atoms with Crippen LogP contribution in [0.3, 0.4) is 0 Å². The van der Waals surface area contributed by atoms with Crippen LogP contribution in [-0.2, 0) is 23.4 Å². The maximum atomic E-state index is 12.5. The van der Waals surface area contributed by atoms with Crippen LogP contribution in [0, 0.1) is 0 Å². The Labute approximate surface area is 140 Å². The molecule has 1 saturated heterocycles. The summed E-state index contributed by atoms with van der Waals surface area (Å²) in [6.45, 7) is -0.692. The average molecular weight is 359 g/mol. The van der Waals surface area contributed by atoms with Crippen LogP contribution < -0.4 is 5.09 Å². The molecule has 6 nitrogen and oxygen atoms in total. The molecule has 0 radical (unpaired) electrons. The monoisotopic (exact) mass is 359 g/mol. The SMILES string of the molecule is COCCOP1(=O)N[C@@H](C(=O)O[C@H](C)c2ccccc2)CCS1. The maximum Gasteiger partial charge on any atom is 0.327 e. The lowest BCUT2D eigenvalue weighted by molar-refractivity contribution is -0.150. The van der Waals surface area contributed by atoms with E-state index in [1.54, 1.807) is 7.11 Å². The van der Waals surface area contributed by atoms with Gasteiger partial charge in [-0.05, 0) is 18.9 Å². The van der Waals surface area contributed by atoms with E-state index in [0.29, 0.717) is 18.8 Å². The Balaban J connectivity index is 1.90. The summed E-state index contributed by atoms with van der Waals surface area (Å²) in [5.74, 6) is 0.175. The summed E-state index contributed by atoms with van der Waals surface area (Å²) in [6.07, 6.45) is 0.205. The van der Waals surface area contributed by atoms with Crippen LogP contribution in [-0.4, -0.2) is 38.1 Å². The van der Waals surface area contributed by atoms with Crippen LogP contribution in [0.4, 0.5) is 0 Å². The van der Waals surface area contributed by atoms with Crippen molar-refractivity contribution < 1.29 is 23.4 Å². The van der Waals surface area contributed by atoms with Gasteiger partial charge >= 0.3 is 12.7 Å². The maximum absolute atomic E-state index is 12.5. The molecule has 0 saturated carbocycles. The summed E-state index contributed by atoms with van der Waals surface area (Å²) < 4.78 is 28.3. The molecule has 0 aromatic heterocycles. The quantitative estimate of drug-likeness (QED) is 0.455. The van der Waals surface area contributed by atoms with Gasteiger partial charge < -0.3 is 14.0 Å². The Morgan fingerprint density at radius 3 is 2.83 bits per heavy atom. The molecule has 23 heavy (non-hydrogen) atoms. The van der Waals surface area contributed by atoms with Crippen LogP contribution in [0.5, 0.6) is 0 Å². The van der Waals surface area contributed by atoms with E-state index in [1.807, 2.05) is 37.3 Å². The first kappa shape index (κ1) is 18.5. The third kappa shape index (κ3) is 5.62. The van der Waals surface area contributed by atoms with E-state index in [1.165, 1.54) is 11.4 Å². The van der Waals surface area contributed by atoms with Gasteiger partial charge in [0, 0.05) is 12.9 Å². The van der Waals surface area contributed by atoms with Gasteiger partial charge in [0.1, 0.15) is 12.1 Å². The van der Waals surface area contributed by atoms with Crippen molar-refractivity contribution in [3.63, 3.8) is 0 Å². The minimum absolute atomic E-state index is 0.218. The number of nitrogens with one attached hydrogen (secondary N) is 1. The number of ether oxygens (including phenoxy) is 2. The summed E-state index contributed by atoms with van der Waals surface area (Å²) >= 11 is 1.21. The van der Waals surface area contributed by atoms with Gasteiger partial charge in [-0.1, -0.05) is 41.7 Å². The van der Waals surface area contributed by atoms with Crippen molar-refractivity contribution in [3.8, 4) is 0 Å². The summed E-state index contributed by atoms with van der Waals surface area (Å²) in [7, 11) is 1.55.